The summed E-state index contributed by atoms with van der Waals surface area (Å²) < 4.78 is 0. The van der Waals surface area contributed by atoms with E-state index < -0.39 is 0 Å². The summed E-state index contributed by atoms with van der Waals surface area (Å²) in [5.74, 6) is 0.547. The summed E-state index contributed by atoms with van der Waals surface area (Å²) in [5.41, 5.74) is 0.821. The third-order valence-electron chi connectivity index (χ3n) is 1.68. The molecule has 0 aliphatic carbocycles. The van der Waals surface area contributed by atoms with E-state index in [1.54, 1.807) is 0 Å². The molecule has 0 bridgehead atoms. The normalized spacial score (nSPS) is 14.2. The van der Waals surface area contributed by atoms with Crippen molar-refractivity contribution in [3.63, 3.8) is 0 Å². The first-order chi connectivity index (χ1) is 5.20. The lowest BCUT2D eigenvalue weighted by Crippen LogP contribution is -1.87. The molecule has 0 fully saturated rings. The van der Waals surface area contributed by atoms with Crippen molar-refractivity contribution in [1.29, 1.82) is 0 Å². The molecule has 0 spiro atoms. The standard InChI is InChI=1S/C10H16O/c1-4-9(2)6-5-7-10(3)8-11/h4,7-9H,1,5-6H2,2-3H3/b10-7+/t9-/m1/s1. The third kappa shape index (κ3) is 5.59. The number of carbonyl (C=O) groups excluding carboxylic acids is 1. The number of allylic oxidation sites excluding steroid dienone is 3. The van der Waals surface area contributed by atoms with Gasteiger partial charge in [0.15, 0.2) is 0 Å². The molecule has 0 rings (SSSR count). The van der Waals surface area contributed by atoms with E-state index in [0.29, 0.717) is 5.92 Å². The van der Waals surface area contributed by atoms with Crippen LogP contribution in [0.5, 0.6) is 0 Å². The Morgan fingerprint density at radius 3 is 2.73 bits per heavy atom. The van der Waals surface area contributed by atoms with Gasteiger partial charge in [-0.25, -0.2) is 0 Å². The Morgan fingerprint density at radius 1 is 1.64 bits per heavy atom. The van der Waals surface area contributed by atoms with Crippen molar-refractivity contribution in [2.24, 2.45) is 5.92 Å². The highest BCUT2D eigenvalue weighted by molar-refractivity contribution is 5.71. The molecule has 0 amide bonds. The first-order valence-electron chi connectivity index (χ1n) is 3.95. The van der Waals surface area contributed by atoms with Crippen molar-refractivity contribution in [2.75, 3.05) is 0 Å². The van der Waals surface area contributed by atoms with Crippen molar-refractivity contribution in [3.8, 4) is 0 Å². The highest BCUT2D eigenvalue weighted by Crippen LogP contribution is 2.07. The molecule has 11 heavy (non-hydrogen) atoms. The molecule has 0 aromatic heterocycles. The molecule has 62 valence electrons. The lowest BCUT2D eigenvalue weighted by molar-refractivity contribution is -0.104. The van der Waals surface area contributed by atoms with Crippen molar-refractivity contribution in [1.82, 2.24) is 0 Å². The molecule has 0 aromatic rings. The molecule has 0 aliphatic heterocycles. The smallest absolute Gasteiger partial charge is 0.145 e. The number of carbonyl (C=O) groups is 1. The van der Waals surface area contributed by atoms with Crippen LogP contribution in [0.1, 0.15) is 26.7 Å². The number of hydrogen-bond donors (Lipinski definition) is 0. The summed E-state index contributed by atoms with van der Waals surface area (Å²) in [6.45, 7) is 7.64. The average molecular weight is 152 g/mol. The van der Waals surface area contributed by atoms with Gasteiger partial charge in [-0.05, 0) is 31.3 Å². The molecule has 0 aromatic carbocycles. The SMILES string of the molecule is C=C[C@@H](C)CC/C=C(\C)C=O. The topological polar surface area (TPSA) is 17.1 Å². The summed E-state index contributed by atoms with van der Waals surface area (Å²) in [7, 11) is 0. The largest absolute Gasteiger partial charge is 0.298 e. The summed E-state index contributed by atoms with van der Waals surface area (Å²) in [5, 5.41) is 0. The van der Waals surface area contributed by atoms with Crippen molar-refractivity contribution in [2.45, 2.75) is 26.7 Å². The third-order valence-corrected chi connectivity index (χ3v) is 1.68. The first-order valence-corrected chi connectivity index (χ1v) is 3.95. The quantitative estimate of drug-likeness (QED) is 0.336. The second kappa shape index (κ2) is 5.90. The van der Waals surface area contributed by atoms with Gasteiger partial charge in [-0.2, -0.15) is 0 Å². The molecule has 1 heteroatoms. The van der Waals surface area contributed by atoms with E-state index in [2.05, 4.69) is 13.5 Å². The summed E-state index contributed by atoms with van der Waals surface area (Å²) >= 11 is 0. The lowest BCUT2D eigenvalue weighted by atomic mass is 10.1. The van der Waals surface area contributed by atoms with Gasteiger partial charge in [0.2, 0.25) is 0 Å². The van der Waals surface area contributed by atoms with Crippen LogP contribution in [-0.2, 0) is 4.79 Å². The molecule has 0 heterocycles. The van der Waals surface area contributed by atoms with Crippen LogP contribution in [0.3, 0.4) is 0 Å². The molecule has 0 unspecified atom stereocenters. The second-order valence-electron chi connectivity index (χ2n) is 2.86. The fourth-order valence-electron chi connectivity index (χ4n) is 0.740. The Morgan fingerprint density at radius 2 is 2.27 bits per heavy atom. The molecule has 0 saturated carbocycles. The number of aldehydes is 1. The van der Waals surface area contributed by atoms with Gasteiger partial charge in [-0.3, -0.25) is 4.79 Å². The fourth-order valence-corrected chi connectivity index (χ4v) is 0.740. The average Bonchev–Trinajstić information content (AvgIpc) is 2.04. The van der Waals surface area contributed by atoms with E-state index in [0.717, 1.165) is 24.7 Å². The van der Waals surface area contributed by atoms with Gasteiger partial charge in [0, 0.05) is 0 Å². The van der Waals surface area contributed by atoms with E-state index in [9.17, 15) is 4.79 Å². The zero-order chi connectivity index (χ0) is 8.69. The maximum atomic E-state index is 10.2. The lowest BCUT2D eigenvalue weighted by Gasteiger charge is -2.00. The maximum absolute atomic E-state index is 10.2. The van der Waals surface area contributed by atoms with E-state index in [1.807, 2.05) is 19.1 Å². The Bertz CT molecular complexity index is 156. The van der Waals surface area contributed by atoms with Crippen LogP contribution in [0.15, 0.2) is 24.3 Å². The van der Waals surface area contributed by atoms with Gasteiger partial charge in [0.05, 0.1) is 0 Å². The van der Waals surface area contributed by atoms with Crippen LogP contribution in [0.25, 0.3) is 0 Å². The fraction of sp³-hybridized carbons (Fsp3) is 0.500. The van der Waals surface area contributed by atoms with Gasteiger partial charge in [0.25, 0.3) is 0 Å². The van der Waals surface area contributed by atoms with Gasteiger partial charge in [-0.15, -0.1) is 6.58 Å². The monoisotopic (exact) mass is 152 g/mol. The summed E-state index contributed by atoms with van der Waals surface area (Å²) in [6.07, 6.45) is 6.84. The van der Waals surface area contributed by atoms with E-state index >= 15 is 0 Å². The maximum Gasteiger partial charge on any atom is 0.145 e. The van der Waals surface area contributed by atoms with Gasteiger partial charge >= 0.3 is 0 Å². The van der Waals surface area contributed by atoms with Crippen LogP contribution in [0.2, 0.25) is 0 Å². The predicted octanol–water partition coefficient (Wildman–Crippen LogP) is 2.73. The van der Waals surface area contributed by atoms with Crippen LogP contribution in [-0.4, -0.2) is 6.29 Å². The Labute approximate surface area is 68.8 Å². The number of hydrogen-bond acceptors (Lipinski definition) is 1. The minimum absolute atomic E-state index is 0.547. The minimum atomic E-state index is 0.547. The summed E-state index contributed by atoms with van der Waals surface area (Å²) in [4.78, 5) is 10.2. The van der Waals surface area contributed by atoms with Crippen LogP contribution >= 0.6 is 0 Å². The van der Waals surface area contributed by atoms with Gasteiger partial charge < -0.3 is 0 Å². The highest BCUT2D eigenvalue weighted by atomic mass is 16.1. The summed E-state index contributed by atoms with van der Waals surface area (Å²) in [6, 6.07) is 0. The molecular weight excluding hydrogens is 136 g/mol. The molecule has 1 atom stereocenters. The minimum Gasteiger partial charge on any atom is -0.298 e. The molecule has 0 N–H and O–H groups in total. The van der Waals surface area contributed by atoms with E-state index in [1.165, 1.54) is 0 Å². The Hall–Kier alpha value is -0.850. The van der Waals surface area contributed by atoms with E-state index in [-0.39, 0.29) is 0 Å². The zero-order valence-electron chi connectivity index (χ0n) is 7.34. The van der Waals surface area contributed by atoms with Crippen LogP contribution in [0, 0.1) is 5.92 Å². The Balaban J connectivity index is 3.55. The van der Waals surface area contributed by atoms with Crippen LogP contribution in [0.4, 0.5) is 0 Å². The second-order valence-corrected chi connectivity index (χ2v) is 2.86. The predicted molar refractivity (Wildman–Crippen MR) is 48.4 cm³/mol. The molecular formula is C10H16O. The van der Waals surface area contributed by atoms with Crippen molar-refractivity contribution >= 4 is 6.29 Å². The first kappa shape index (κ1) is 10.2. The molecule has 0 radical (unpaired) electrons. The van der Waals surface area contributed by atoms with E-state index in [4.69, 9.17) is 0 Å². The van der Waals surface area contributed by atoms with Crippen molar-refractivity contribution in [3.05, 3.63) is 24.3 Å². The molecule has 1 nitrogen and oxygen atoms in total. The highest BCUT2D eigenvalue weighted by Gasteiger charge is 1.93. The van der Waals surface area contributed by atoms with Crippen molar-refractivity contribution < 1.29 is 4.79 Å². The van der Waals surface area contributed by atoms with Gasteiger partial charge in [-0.1, -0.05) is 19.1 Å². The Kier molecular flexibility index (Phi) is 5.44. The number of rotatable bonds is 5. The zero-order valence-corrected chi connectivity index (χ0v) is 7.34. The molecule has 0 aliphatic rings. The van der Waals surface area contributed by atoms with Gasteiger partial charge in [0.1, 0.15) is 6.29 Å². The molecule has 0 saturated heterocycles. The van der Waals surface area contributed by atoms with Crippen LogP contribution < -0.4 is 0 Å².